The molecule has 0 aromatic heterocycles. The molecule has 5 N–H and O–H groups in total. The number of anilines is 1. The summed E-state index contributed by atoms with van der Waals surface area (Å²) in [4.78, 5) is 27.3. The number of nitrogens with one attached hydrogen (secondary N) is 1. The predicted octanol–water partition coefficient (Wildman–Crippen LogP) is 1.68. The number of benzene rings is 2. The van der Waals surface area contributed by atoms with Gasteiger partial charge in [-0.15, -0.1) is 0 Å². The van der Waals surface area contributed by atoms with Crippen molar-refractivity contribution in [3.05, 3.63) is 65.2 Å². The molecule has 1 heterocycles. The van der Waals surface area contributed by atoms with Crippen molar-refractivity contribution in [1.82, 2.24) is 10.3 Å². The monoisotopic (exact) mass is 467 g/mol. The van der Waals surface area contributed by atoms with Gasteiger partial charge in [0.25, 0.3) is 0 Å². The Morgan fingerprint density at radius 1 is 1.03 bits per heavy atom. The first-order chi connectivity index (χ1) is 16.4. The van der Waals surface area contributed by atoms with E-state index in [2.05, 4.69) is 5.32 Å². The van der Waals surface area contributed by atoms with E-state index in [9.17, 15) is 9.59 Å². The SMILES string of the molecule is COCCOCCNC(=O)CCC(=O)N1Cc2ccccc2/C(N(C)N)=C(/N)c2ccccc21. The van der Waals surface area contributed by atoms with Crippen LogP contribution in [-0.2, 0) is 25.6 Å². The number of nitrogens with zero attached hydrogens (tertiary/aromatic N) is 2. The molecule has 0 fully saturated rings. The van der Waals surface area contributed by atoms with Gasteiger partial charge in [-0.2, -0.15) is 0 Å². The standard InChI is InChI=1S/C25H33N5O4/c1-29(27)25-19-8-4-3-7-18(19)17-30(21-10-6-5-9-20(21)24(25)26)23(32)12-11-22(31)28-13-14-34-16-15-33-2/h3-10H,11-17,26-27H2,1-2H3,(H,28,31)/b25-24-. The number of fused-ring (bicyclic) bond motifs is 2. The number of carbonyl (C=O) groups is 2. The minimum atomic E-state index is -0.198. The second kappa shape index (κ2) is 12.2. The van der Waals surface area contributed by atoms with Crippen LogP contribution in [-0.4, -0.2) is 57.3 Å². The minimum Gasteiger partial charge on any atom is -0.396 e. The summed E-state index contributed by atoms with van der Waals surface area (Å²) in [5, 5.41) is 4.28. The molecule has 182 valence electrons. The van der Waals surface area contributed by atoms with Crippen LogP contribution in [0.3, 0.4) is 0 Å². The quantitative estimate of drug-likeness (QED) is 0.276. The molecule has 2 amide bonds. The van der Waals surface area contributed by atoms with E-state index in [1.807, 2.05) is 48.5 Å². The van der Waals surface area contributed by atoms with Crippen LogP contribution in [0.4, 0.5) is 5.69 Å². The summed E-state index contributed by atoms with van der Waals surface area (Å²) in [6.07, 6.45) is 0.152. The van der Waals surface area contributed by atoms with Crippen molar-refractivity contribution in [2.24, 2.45) is 11.6 Å². The number of hydrogen-bond donors (Lipinski definition) is 3. The normalized spacial score (nSPS) is 15.1. The number of hydrogen-bond acceptors (Lipinski definition) is 7. The van der Waals surface area contributed by atoms with E-state index in [1.54, 1.807) is 19.1 Å². The molecule has 2 aromatic rings. The Kier molecular flexibility index (Phi) is 9.03. The Balaban J connectivity index is 1.77. The van der Waals surface area contributed by atoms with Crippen LogP contribution in [0.1, 0.15) is 29.5 Å². The van der Waals surface area contributed by atoms with Crippen molar-refractivity contribution >= 4 is 28.9 Å². The number of para-hydroxylation sites is 1. The molecule has 3 rings (SSSR count). The molecule has 9 heteroatoms. The van der Waals surface area contributed by atoms with Gasteiger partial charge >= 0.3 is 0 Å². The fourth-order valence-corrected chi connectivity index (χ4v) is 3.91. The predicted molar refractivity (Wildman–Crippen MR) is 132 cm³/mol. The molecule has 9 nitrogen and oxygen atoms in total. The van der Waals surface area contributed by atoms with E-state index in [-0.39, 0.29) is 24.7 Å². The summed E-state index contributed by atoms with van der Waals surface area (Å²) in [7, 11) is 3.35. The molecule has 0 radical (unpaired) electrons. The zero-order valence-corrected chi connectivity index (χ0v) is 19.8. The van der Waals surface area contributed by atoms with Crippen LogP contribution in [0.25, 0.3) is 11.4 Å². The Hall–Kier alpha value is -3.40. The van der Waals surface area contributed by atoms with Gasteiger partial charge in [0.1, 0.15) is 0 Å². The van der Waals surface area contributed by atoms with Gasteiger partial charge in [0, 0.05) is 44.7 Å². The number of rotatable bonds is 10. The third-order valence-electron chi connectivity index (χ3n) is 5.56. The summed E-state index contributed by atoms with van der Waals surface area (Å²) in [6, 6.07) is 15.2. The van der Waals surface area contributed by atoms with Gasteiger partial charge in [0.15, 0.2) is 0 Å². The lowest BCUT2D eigenvalue weighted by Crippen LogP contribution is -2.36. The third-order valence-corrected chi connectivity index (χ3v) is 5.56. The number of nitrogens with two attached hydrogens (primary N) is 2. The smallest absolute Gasteiger partial charge is 0.227 e. The molecular formula is C25H33N5O4. The van der Waals surface area contributed by atoms with Crippen molar-refractivity contribution in [3.8, 4) is 0 Å². The second-order valence-electron chi connectivity index (χ2n) is 7.98. The maximum Gasteiger partial charge on any atom is 0.227 e. The molecular weight excluding hydrogens is 434 g/mol. The highest BCUT2D eigenvalue weighted by molar-refractivity contribution is 6.01. The first kappa shape index (κ1) is 25.2. The zero-order chi connectivity index (χ0) is 24.5. The molecule has 0 saturated heterocycles. The summed E-state index contributed by atoms with van der Waals surface area (Å²) < 4.78 is 10.2. The van der Waals surface area contributed by atoms with Crippen LogP contribution >= 0.6 is 0 Å². The number of amides is 2. The van der Waals surface area contributed by atoms with Crippen LogP contribution in [0.5, 0.6) is 0 Å². The van der Waals surface area contributed by atoms with Crippen LogP contribution in [0, 0.1) is 0 Å². The zero-order valence-electron chi connectivity index (χ0n) is 19.8. The molecule has 0 spiro atoms. The van der Waals surface area contributed by atoms with Gasteiger partial charge in [-0.25, -0.2) is 5.84 Å². The number of methoxy groups -OCH3 is 1. The molecule has 0 aliphatic carbocycles. The summed E-state index contributed by atoms with van der Waals surface area (Å²) >= 11 is 0. The second-order valence-corrected chi connectivity index (χ2v) is 7.98. The van der Waals surface area contributed by atoms with Gasteiger partial charge in [-0.05, 0) is 11.6 Å². The molecule has 0 atom stereocenters. The average Bonchev–Trinajstić information content (AvgIpc) is 2.83. The Morgan fingerprint density at radius 2 is 1.74 bits per heavy atom. The Bertz CT molecular complexity index is 1040. The van der Waals surface area contributed by atoms with Crippen LogP contribution < -0.4 is 21.8 Å². The van der Waals surface area contributed by atoms with Gasteiger partial charge < -0.3 is 30.4 Å². The first-order valence-electron chi connectivity index (χ1n) is 11.2. The fraction of sp³-hybridized carbons (Fsp3) is 0.360. The van der Waals surface area contributed by atoms with Crippen molar-refractivity contribution in [2.75, 3.05) is 45.4 Å². The van der Waals surface area contributed by atoms with E-state index in [0.29, 0.717) is 50.0 Å². The highest BCUT2D eigenvalue weighted by Gasteiger charge is 2.27. The molecule has 1 aliphatic heterocycles. The maximum atomic E-state index is 13.3. The molecule has 0 bridgehead atoms. The molecule has 1 aliphatic rings. The lowest BCUT2D eigenvalue weighted by atomic mass is 9.95. The van der Waals surface area contributed by atoms with Gasteiger partial charge in [0.2, 0.25) is 11.8 Å². The molecule has 0 saturated carbocycles. The lowest BCUT2D eigenvalue weighted by molar-refractivity contribution is -0.125. The van der Waals surface area contributed by atoms with Crippen LogP contribution in [0.15, 0.2) is 48.5 Å². The highest BCUT2D eigenvalue weighted by Crippen LogP contribution is 2.36. The summed E-state index contributed by atoms with van der Waals surface area (Å²) in [6.45, 7) is 2.09. The van der Waals surface area contributed by atoms with Gasteiger partial charge in [-0.3, -0.25) is 9.59 Å². The molecule has 0 unspecified atom stereocenters. The fourth-order valence-electron chi connectivity index (χ4n) is 3.91. The van der Waals surface area contributed by atoms with E-state index < -0.39 is 0 Å². The largest absolute Gasteiger partial charge is 0.396 e. The average molecular weight is 468 g/mol. The van der Waals surface area contributed by atoms with E-state index in [0.717, 1.165) is 16.7 Å². The summed E-state index contributed by atoms with van der Waals surface area (Å²) in [5.41, 5.74) is 11.0. The highest BCUT2D eigenvalue weighted by atomic mass is 16.5. The third kappa shape index (κ3) is 6.13. The minimum absolute atomic E-state index is 0.0696. The van der Waals surface area contributed by atoms with E-state index in [1.165, 1.54) is 5.01 Å². The number of ether oxygens (including phenoxy) is 2. The van der Waals surface area contributed by atoms with E-state index in [4.69, 9.17) is 21.1 Å². The Labute approximate surface area is 200 Å². The maximum absolute atomic E-state index is 13.3. The molecule has 34 heavy (non-hydrogen) atoms. The van der Waals surface area contributed by atoms with Gasteiger partial charge in [0.05, 0.1) is 43.4 Å². The molecule has 2 aromatic carbocycles. The number of carbonyl (C=O) groups excluding carboxylic acids is 2. The van der Waals surface area contributed by atoms with Crippen molar-refractivity contribution < 1.29 is 19.1 Å². The van der Waals surface area contributed by atoms with Crippen molar-refractivity contribution in [1.29, 1.82) is 0 Å². The van der Waals surface area contributed by atoms with Crippen molar-refractivity contribution in [2.45, 2.75) is 19.4 Å². The Morgan fingerprint density at radius 3 is 2.47 bits per heavy atom. The van der Waals surface area contributed by atoms with Gasteiger partial charge in [-0.1, -0.05) is 42.5 Å². The first-order valence-corrected chi connectivity index (χ1v) is 11.2. The summed E-state index contributed by atoms with van der Waals surface area (Å²) in [5.74, 6) is 5.80. The van der Waals surface area contributed by atoms with Crippen molar-refractivity contribution in [3.63, 3.8) is 0 Å². The van der Waals surface area contributed by atoms with E-state index >= 15 is 0 Å². The van der Waals surface area contributed by atoms with Crippen LogP contribution in [0.2, 0.25) is 0 Å². The topological polar surface area (TPSA) is 123 Å². The number of hydrazine groups is 1. The lowest BCUT2D eigenvalue weighted by Gasteiger charge is -2.31.